The van der Waals surface area contributed by atoms with E-state index in [9.17, 15) is 19.8 Å². The van der Waals surface area contributed by atoms with Gasteiger partial charge in [-0.15, -0.1) is 0 Å². The second-order valence-electron chi connectivity index (χ2n) is 9.79. The van der Waals surface area contributed by atoms with Crippen molar-refractivity contribution in [2.24, 2.45) is 0 Å². The van der Waals surface area contributed by atoms with Crippen LogP contribution < -0.4 is 4.74 Å². The van der Waals surface area contributed by atoms with Crippen LogP contribution in [0.3, 0.4) is 0 Å². The zero-order chi connectivity index (χ0) is 27.4. The minimum Gasteiger partial charge on any atom is -0.508 e. The first-order valence-electron chi connectivity index (χ1n) is 13.1. The van der Waals surface area contributed by atoms with Crippen LogP contribution in [0.1, 0.15) is 28.3 Å². The van der Waals surface area contributed by atoms with Gasteiger partial charge in [-0.2, -0.15) is 0 Å². The molecule has 2 fully saturated rings. The fourth-order valence-corrected chi connectivity index (χ4v) is 5.07. The molecule has 1 unspecified atom stereocenters. The minimum absolute atomic E-state index is 0.0359. The molecule has 2 aliphatic heterocycles. The van der Waals surface area contributed by atoms with E-state index in [2.05, 4.69) is 4.90 Å². The molecule has 1 amide bonds. The summed E-state index contributed by atoms with van der Waals surface area (Å²) in [6, 6.07) is 20.7. The van der Waals surface area contributed by atoms with Crippen molar-refractivity contribution in [2.75, 3.05) is 39.4 Å². The Balaban J connectivity index is 1.45. The Hall–Kier alpha value is -4.14. The van der Waals surface area contributed by atoms with Crippen LogP contribution in [0, 0.1) is 6.92 Å². The second kappa shape index (κ2) is 11.7. The lowest BCUT2D eigenvalue weighted by Gasteiger charge is -2.31. The zero-order valence-corrected chi connectivity index (χ0v) is 21.9. The number of hydrogen-bond acceptors (Lipinski definition) is 7. The normalized spacial score (nSPS) is 19.4. The average molecular weight is 529 g/mol. The van der Waals surface area contributed by atoms with E-state index in [1.54, 1.807) is 24.3 Å². The molecule has 3 aromatic rings. The number of ketones is 1. The van der Waals surface area contributed by atoms with E-state index in [1.165, 1.54) is 17.0 Å². The summed E-state index contributed by atoms with van der Waals surface area (Å²) in [7, 11) is 0. The summed E-state index contributed by atoms with van der Waals surface area (Å²) in [5.74, 6) is -0.896. The number of amides is 1. The Morgan fingerprint density at radius 1 is 0.974 bits per heavy atom. The number of aliphatic hydroxyl groups is 1. The van der Waals surface area contributed by atoms with Crippen molar-refractivity contribution < 1.29 is 29.3 Å². The molecule has 2 aliphatic rings. The van der Waals surface area contributed by atoms with Gasteiger partial charge < -0.3 is 24.6 Å². The molecule has 0 spiro atoms. The quantitative estimate of drug-likeness (QED) is 0.259. The van der Waals surface area contributed by atoms with Gasteiger partial charge >= 0.3 is 0 Å². The Morgan fingerprint density at radius 3 is 2.38 bits per heavy atom. The van der Waals surface area contributed by atoms with Crippen molar-refractivity contribution in [2.45, 2.75) is 19.6 Å². The van der Waals surface area contributed by atoms with Crippen molar-refractivity contribution in [3.05, 3.63) is 101 Å². The zero-order valence-electron chi connectivity index (χ0n) is 21.9. The molecule has 0 bridgehead atoms. The number of carbonyl (C=O) groups excluding carboxylic acids is 2. The number of ether oxygens (including phenoxy) is 2. The SMILES string of the molecule is Cc1cc(OCc2ccccc2)ccc1/C(O)=C1\C(=O)C(=O)N(CCN2CCOCC2)C1c1ccc(O)cc1. The molecule has 1 atom stereocenters. The number of carbonyl (C=O) groups is 2. The smallest absolute Gasteiger partial charge is 0.295 e. The number of nitrogens with zero attached hydrogens (tertiary/aromatic N) is 2. The third-order valence-corrected chi connectivity index (χ3v) is 7.21. The molecule has 0 radical (unpaired) electrons. The topological polar surface area (TPSA) is 99.5 Å². The molecular formula is C31H32N2O6. The molecule has 8 heteroatoms. The first kappa shape index (κ1) is 26.5. The number of likely N-dealkylation sites (tertiary alicyclic amines) is 1. The highest BCUT2D eigenvalue weighted by atomic mass is 16.5. The maximum Gasteiger partial charge on any atom is 0.295 e. The van der Waals surface area contributed by atoms with Crippen LogP contribution in [0.4, 0.5) is 0 Å². The second-order valence-corrected chi connectivity index (χ2v) is 9.79. The number of phenolic OH excluding ortho intramolecular Hbond substituents is 1. The first-order valence-corrected chi connectivity index (χ1v) is 13.1. The van der Waals surface area contributed by atoms with E-state index in [-0.39, 0.29) is 17.1 Å². The van der Waals surface area contributed by atoms with Gasteiger partial charge in [-0.1, -0.05) is 42.5 Å². The number of aromatic hydroxyl groups is 1. The minimum atomic E-state index is -0.778. The fourth-order valence-electron chi connectivity index (χ4n) is 5.07. The van der Waals surface area contributed by atoms with Crippen LogP contribution in [0.2, 0.25) is 0 Å². The number of rotatable bonds is 8. The average Bonchev–Trinajstić information content (AvgIpc) is 3.21. The number of Topliss-reactive ketones (excluding diaryl/α,β-unsaturated/α-hetero) is 1. The van der Waals surface area contributed by atoms with Gasteiger partial charge in [0.05, 0.1) is 24.8 Å². The molecule has 2 heterocycles. The molecule has 0 aliphatic carbocycles. The summed E-state index contributed by atoms with van der Waals surface area (Å²) in [4.78, 5) is 30.3. The summed E-state index contributed by atoms with van der Waals surface area (Å²) in [6.07, 6.45) is 0. The van der Waals surface area contributed by atoms with Gasteiger partial charge in [0.25, 0.3) is 11.7 Å². The van der Waals surface area contributed by atoms with E-state index in [0.29, 0.717) is 55.4 Å². The van der Waals surface area contributed by atoms with Crippen LogP contribution in [0.15, 0.2) is 78.4 Å². The molecule has 2 saturated heterocycles. The standard InChI is InChI=1S/C31H32N2O6/c1-21-19-25(39-20-22-5-3-2-4-6-22)11-12-26(21)29(35)27-28(23-7-9-24(34)10-8-23)33(31(37)30(27)36)14-13-32-15-17-38-18-16-32/h2-12,19,28,34-35H,13-18,20H2,1H3/b29-27+. The number of morpholine rings is 1. The summed E-state index contributed by atoms with van der Waals surface area (Å²) >= 11 is 0. The fraction of sp³-hybridized carbons (Fsp3) is 0.290. The van der Waals surface area contributed by atoms with Crippen LogP contribution in [-0.2, 0) is 20.9 Å². The highest BCUT2D eigenvalue weighted by Crippen LogP contribution is 2.40. The van der Waals surface area contributed by atoms with Gasteiger partial charge in [0.1, 0.15) is 23.9 Å². The van der Waals surface area contributed by atoms with E-state index in [4.69, 9.17) is 9.47 Å². The van der Waals surface area contributed by atoms with Gasteiger partial charge in [-0.3, -0.25) is 14.5 Å². The molecule has 202 valence electrons. The molecule has 5 rings (SSSR count). The van der Waals surface area contributed by atoms with Crippen LogP contribution in [0.5, 0.6) is 11.5 Å². The molecular weight excluding hydrogens is 496 g/mol. The Kier molecular flexibility index (Phi) is 7.95. The highest BCUT2D eigenvalue weighted by Gasteiger charge is 2.46. The Morgan fingerprint density at radius 2 is 1.69 bits per heavy atom. The maximum absolute atomic E-state index is 13.4. The van der Waals surface area contributed by atoms with Gasteiger partial charge in [-0.05, 0) is 53.9 Å². The number of phenols is 1. The maximum atomic E-state index is 13.4. The monoisotopic (exact) mass is 528 g/mol. The third kappa shape index (κ3) is 5.82. The molecule has 0 saturated carbocycles. The Bertz CT molecular complexity index is 1360. The molecule has 39 heavy (non-hydrogen) atoms. The molecule has 0 aromatic heterocycles. The predicted molar refractivity (Wildman–Crippen MR) is 146 cm³/mol. The number of aryl methyl sites for hydroxylation is 1. The summed E-state index contributed by atoms with van der Waals surface area (Å²) in [5, 5.41) is 21.3. The predicted octanol–water partition coefficient (Wildman–Crippen LogP) is 4.03. The molecule has 3 aromatic carbocycles. The molecule has 2 N–H and O–H groups in total. The van der Waals surface area contributed by atoms with Crippen LogP contribution in [-0.4, -0.2) is 71.1 Å². The summed E-state index contributed by atoms with van der Waals surface area (Å²) in [6.45, 7) is 5.90. The lowest BCUT2D eigenvalue weighted by Crippen LogP contribution is -2.42. The summed E-state index contributed by atoms with van der Waals surface area (Å²) in [5.41, 5.74) is 2.87. The third-order valence-electron chi connectivity index (χ3n) is 7.21. The van der Waals surface area contributed by atoms with E-state index >= 15 is 0 Å². The van der Waals surface area contributed by atoms with Crippen molar-refractivity contribution >= 4 is 17.4 Å². The van der Waals surface area contributed by atoms with Gasteiger partial charge in [0.15, 0.2) is 0 Å². The van der Waals surface area contributed by atoms with Crippen molar-refractivity contribution in [3.8, 4) is 11.5 Å². The van der Waals surface area contributed by atoms with Crippen LogP contribution in [0.25, 0.3) is 5.76 Å². The van der Waals surface area contributed by atoms with Crippen molar-refractivity contribution in [1.82, 2.24) is 9.80 Å². The number of benzene rings is 3. The number of hydrogen-bond donors (Lipinski definition) is 2. The van der Waals surface area contributed by atoms with Gasteiger partial charge in [0, 0.05) is 31.7 Å². The van der Waals surface area contributed by atoms with Crippen molar-refractivity contribution in [1.29, 1.82) is 0 Å². The van der Waals surface area contributed by atoms with Crippen molar-refractivity contribution in [3.63, 3.8) is 0 Å². The Labute approximate surface area is 227 Å². The lowest BCUT2D eigenvalue weighted by atomic mass is 9.94. The van der Waals surface area contributed by atoms with Gasteiger partial charge in [0.2, 0.25) is 0 Å². The largest absolute Gasteiger partial charge is 0.508 e. The molecule has 8 nitrogen and oxygen atoms in total. The van der Waals surface area contributed by atoms with E-state index in [1.807, 2.05) is 43.3 Å². The highest BCUT2D eigenvalue weighted by molar-refractivity contribution is 6.46. The van der Waals surface area contributed by atoms with E-state index in [0.717, 1.165) is 18.7 Å². The number of aliphatic hydroxyl groups excluding tert-OH is 1. The van der Waals surface area contributed by atoms with Gasteiger partial charge in [-0.25, -0.2) is 0 Å². The lowest BCUT2D eigenvalue weighted by molar-refractivity contribution is -0.140. The van der Waals surface area contributed by atoms with E-state index < -0.39 is 17.7 Å². The van der Waals surface area contributed by atoms with Crippen LogP contribution >= 0.6 is 0 Å². The summed E-state index contributed by atoms with van der Waals surface area (Å²) < 4.78 is 11.3. The first-order chi connectivity index (χ1) is 18.9.